The molecule has 32 heavy (non-hydrogen) atoms. The molecule has 0 saturated carbocycles. The maximum absolute atomic E-state index is 13.6. The van der Waals surface area contributed by atoms with Crippen LogP contribution in [0.15, 0.2) is 42.6 Å². The van der Waals surface area contributed by atoms with Gasteiger partial charge in [0, 0.05) is 42.9 Å². The Kier molecular flexibility index (Phi) is 7.17. The summed E-state index contributed by atoms with van der Waals surface area (Å²) < 4.78 is 18.7. The molecule has 1 amide bonds. The number of ether oxygens (including phenoxy) is 1. The minimum Gasteiger partial charge on any atom is -0.384 e. The van der Waals surface area contributed by atoms with Gasteiger partial charge in [-0.25, -0.2) is 4.39 Å². The molecule has 0 bridgehead atoms. The second kappa shape index (κ2) is 10.2. The van der Waals surface area contributed by atoms with Crippen LogP contribution >= 0.6 is 0 Å². The van der Waals surface area contributed by atoms with E-state index >= 15 is 0 Å². The van der Waals surface area contributed by atoms with Gasteiger partial charge in [-0.05, 0) is 74.7 Å². The maximum Gasteiger partial charge on any atom is 0.222 e. The Morgan fingerprint density at radius 1 is 1.31 bits per heavy atom. The molecule has 7 heteroatoms. The monoisotopic (exact) mass is 438 g/mol. The van der Waals surface area contributed by atoms with E-state index in [1.54, 1.807) is 25.4 Å². The lowest BCUT2D eigenvalue weighted by atomic mass is 9.87. The lowest BCUT2D eigenvalue weighted by Crippen LogP contribution is -2.41. The van der Waals surface area contributed by atoms with Crippen LogP contribution in [0.2, 0.25) is 0 Å². The number of pyridine rings is 1. The summed E-state index contributed by atoms with van der Waals surface area (Å²) in [5.74, 6) is 0.108. The van der Waals surface area contributed by atoms with Gasteiger partial charge in [0.1, 0.15) is 5.82 Å². The summed E-state index contributed by atoms with van der Waals surface area (Å²) in [5, 5.41) is 4.14. The molecule has 1 fully saturated rings. The Hall–Kier alpha value is -2.77. The van der Waals surface area contributed by atoms with Crippen molar-refractivity contribution in [1.82, 2.24) is 20.2 Å². The molecule has 1 aliphatic rings. The first-order valence-corrected chi connectivity index (χ1v) is 11.2. The summed E-state index contributed by atoms with van der Waals surface area (Å²) in [6.45, 7) is 5.14. The van der Waals surface area contributed by atoms with Gasteiger partial charge in [0.2, 0.25) is 5.91 Å². The van der Waals surface area contributed by atoms with Crippen LogP contribution in [0.5, 0.6) is 0 Å². The van der Waals surface area contributed by atoms with Crippen molar-refractivity contribution >= 4 is 16.8 Å². The van der Waals surface area contributed by atoms with Gasteiger partial charge in [-0.15, -0.1) is 0 Å². The minimum absolute atomic E-state index is 0.00846. The zero-order chi connectivity index (χ0) is 22.5. The van der Waals surface area contributed by atoms with Crippen molar-refractivity contribution in [3.63, 3.8) is 0 Å². The molecular weight excluding hydrogens is 407 g/mol. The molecule has 3 heterocycles. The third-order valence-corrected chi connectivity index (χ3v) is 6.47. The second-order valence-corrected chi connectivity index (χ2v) is 8.57. The molecule has 1 atom stereocenters. The van der Waals surface area contributed by atoms with Crippen molar-refractivity contribution in [3.8, 4) is 0 Å². The van der Waals surface area contributed by atoms with Crippen LogP contribution in [0.3, 0.4) is 0 Å². The van der Waals surface area contributed by atoms with Gasteiger partial charge in [0.15, 0.2) is 0 Å². The number of carbonyl (C=O) groups is 1. The number of H-pyrrole nitrogens is 1. The number of halogens is 1. The SMILES string of the molecule is COCCC(=O)NC(c1ccccn1)C1CCN(Cc2[nH]c3ccc(F)cc3c2C)CC1. The molecule has 0 spiro atoms. The second-order valence-electron chi connectivity index (χ2n) is 8.57. The number of fused-ring (bicyclic) bond motifs is 1. The molecule has 3 aromatic rings. The van der Waals surface area contributed by atoms with E-state index in [-0.39, 0.29) is 17.8 Å². The molecule has 1 unspecified atom stereocenters. The molecule has 2 N–H and O–H groups in total. The Morgan fingerprint density at radius 2 is 2.12 bits per heavy atom. The van der Waals surface area contributed by atoms with Crippen LogP contribution in [0.1, 0.15) is 42.3 Å². The number of piperidine rings is 1. The Labute approximate surface area is 188 Å². The number of benzene rings is 1. The van der Waals surface area contributed by atoms with Crippen molar-refractivity contribution in [2.45, 2.75) is 38.8 Å². The topological polar surface area (TPSA) is 70.2 Å². The van der Waals surface area contributed by atoms with E-state index in [1.807, 2.05) is 25.1 Å². The maximum atomic E-state index is 13.6. The lowest BCUT2D eigenvalue weighted by molar-refractivity contribution is -0.123. The first-order valence-electron chi connectivity index (χ1n) is 11.2. The summed E-state index contributed by atoms with van der Waals surface area (Å²) in [6.07, 6.45) is 4.07. The van der Waals surface area contributed by atoms with Crippen molar-refractivity contribution in [3.05, 3.63) is 65.4 Å². The van der Waals surface area contributed by atoms with Crippen molar-refractivity contribution < 1.29 is 13.9 Å². The highest BCUT2D eigenvalue weighted by atomic mass is 19.1. The number of rotatable bonds is 8. The standard InChI is InChI=1S/C25H31FN4O2/c1-17-20-15-19(26)6-7-21(20)28-23(17)16-30-12-8-18(9-13-30)25(22-5-3-4-11-27-22)29-24(31)10-14-32-2/h3-7,11,15,18,25,28H,8-10,12-14,16H2,1-2H3,(H,29,31). The minimum atomic E-state index is -0.208. The Bertz CT molecular complexity index is 1040. The Balaban J connectivity index is 1.41. The largest absolute Gasteiger partial charge is 0.384 e. The van der Waals surface area contributed by atoms with Crippen LogP contribution in [0, 0.1) is 18.7 Å². The first kappa shape index (κ1) is 22.4. The van der Waals surface area contributed by atoms with E-state index in [1.165, 1.54) is 6.07 Å². The third kappa shape index (κ3) is 5.16. The number of amides is 1. The molecule has 0 aliphatic carbocycles. The number of aromatic nitrogens is 2. The van der Waals surface area contributed by atoms with Crippen LogP contribution in [0.4, 0.5) is 4.39 Å². The number of hydrogen-bond donors (Lipinski definition) is 2. The average Bonchev–Trinajstić information content (AvgIpc) is 3.12. The molecule has 1 aliphatic heterocycles. The fourth-order valence-corrected chi connectivity index (χ4v) is 4.61. The average molecular weight is 439 g/mol. The van der Waals surface area contributed by atoms with E-state index in [9.17, 15) is 9.18 Å². The van der Waals surface area contributed by atoms with Gasteiger partial charge in [-0.1, -0.05) is 6.07 Å². The summed E-state index contributed by atoms with van der Waals surface area (Å²) in [4.78, 5) is 22.8. The van der Waals surface area contributed by atoms with Crippen molar-refractivity contribution in [1.29, 1.82) is 0 Å². The molecule has 4 rings (SSSR count). The number of aromatic amines is 1. The molecule has 170 valence electrons. The summed E-state index contributed by atoms with van der Waals surface area (Å²) >= 11 is 0. The highest BCUT2D eigenvalue weighted by Crippen LogP contribution is 2.31. The number of aryl methyl sites for hydroxylation is 1. The molecule has 1 saturated heterocycles. The van der Waals surface area contributed by atoms with Crippen LogP contribution < -0.4 is 5.32 Å². The van der Waals surface area contributed by atoms with E-state index in [0.717, 1.165) is 60.3 Å². The van der Waals surface area contributed by atoms with Gasteiger partial charge < -0.3 is 15.0 Å². The molecular formula is C25H31FN4O2. The summed E-state index contributed by atoms with van der Waals surface area (Å²) in [6, 6.07) is 10.6. The number of methoxy groups -OCH3 is 1. The van der Waals surface area contributed by atoms with E-state index in [0.29, 0.717) is 18.9 Å². The van der Waals surface area contributed by atoms with Crippen LogP contribution in [-0.2, 0) is 16.1 Å². The van der Waals surface area contributed by atoms with E-state index in [4.69, 9.17) is 4.74 Å². The number of nitrogens with one attached hydrogen (secondary N) is 2. The molecule has 6 nitrogen and oxygen atoms in total. The van der Waals surface area contributed by atoms with E-state index < -0.39 is 0 Å². The van der Waals surface area contributed by atoms with Gasteiger partial charge in [0.05, 0.1) is 18.3 Å². The lowest BCUT2D eigenvalue weighted by Gasteiger charge is -2.36. The predicted octanol–water partition coefficient (Wildman–Crippen LogP) is 4.12. The summed E-state index contributed by atoms with van der Waals surface area (Å²) in [5.41, 5.74) is 4.13. The number of carbonyl (C=O) groups excluding carboxylic acids is 1. The van der Waals surface area contributed by atoms with Gasteiger partial charge in [0.25, 0.3) is 0 Å². The molecule has 2 aromatic heterocycles. The smallest absolute Gasteiger partial charge is 0.222 e. The first-order chi connectivity index (χ1) is 15.5. The number of likely N-dealkylation sites (tertiary alicyclic amines) is 1. The molecule has 1 aromatic carbocycles. The van der Waals surface area contributed by atoms with Crippen molar-refractivity contribution in [2.75, 3.05) is 26.8 Å². The fourth-order valence-electron chi connectivity index (χ4n) is 4.61. The zero-order valence-electron chi connectivity index (χ0n) is 18.7. The highest BCUT2D eigenvalue weighted by molar-refractivity contribution is 5.84. The van der Waals surface area contributed by atoms with Gasteiger partial charge in [-0.2, -0.15) is 0 Å². The third-order valence-electron chi connectivity index (χ3n) is 6.47. The van der Waals surface area contributed by atoms with Crippen LogP contribution in [0.25, 0.3) is 10.9 Å². The zero-order valence-corrected chi connectivity index (χ0v) is 18.7. The normalized spacial score (nSPS) is 16.3. The molecule has 0 radical (unpaired) electrons. The van der Waals surface area contributed by atoms with Crippen molar-refractivity contribution in [2.24, 2.45) is 5.92 Å². The Morgan fingerprint density at radius 3 is 2.84 bits per heavy atom. The number of hydrogen-bond acceptors (Lipinski definition) is 4. The van der Waals surface area contributed by atoms with Crippen LogP contribution in [-0.4, -0.2) is 47.6 Å². The quantitative estimate of drug-likeness (QED) is 0.555. The van der Waals surface area contributed by atoms with E-state index in [2.05, 4.69) is 20.2 Å². The fraction of sp³-hybridized carbons (Fsp3) is 0.440. The summed E-state index contributed by atoms with van der Waals surface area (Å²) in [7, 11) is 1.60. The number of nitrogens with zero attached hydrogens (tertiary/aromatic N) is 2. The highest BCUT2D eigenvalue weighted by Gasteiger charge is 2.30. The van der Waals surface area contributed by atoms with Gasteiger partial charge >= 0.3 is 0 Å². The predicted molar refractivity (Wildman–Crippen MR) is 123 cm³/mol. The van der Waals surface area contributed by atoms with Gasteiger partial charge in [-0.3, -0.25) is 14.7 Å².